The lowest BCUT2D eigenvalue weighted by Crippen LogP contribution is -2.43. The number of amides is 1. The van der Waals surface area contributed by atoms with Gasteiger partial charge in [0.25, 0.3) is 5.56 Å². The van der Waals surface area contributed by atoms with Crippen LogP contribution in [0, 0.1) is 0 Å². The van der Waals surface area contributed by atoms with Crippen LogP contribution >= 0.6 is 0 Å². The third-order valence-electron chi connectivity index (χ3n) is 4.89. The maximum atomic E-state index is 13.0. The lowest BCUT2D eigenvalue weighted by atomic mass is 10.2. The smallest absolute Gasteiger partial charge is 0.325 e. The van der Waals surface area contributed by atoms with Gasteiger partial charge in [0.1, 0.15) is 6.54 Å². The number of para-hydroxylation sites is 1. The number of alkyl halides is 3. The van der Waals surface area contributed by atoms with E-state index in [-0.39, 0.29) is 22.6 Å². The van der Waals surface area contributed by atoms with E-state index in [1.54, 1.807) is 31.2 Å². The van der Waals surface area contributed by atoms with Crippen LogP contribution in [0.3, 0.4) is 0 Å². The van der Waals surface area contributed by atoms with Crippen LogP contribution in [-0.4, -0.2) is 15.0 Å². The maximum absolute atomic E-state index is 13.0. The fourth-order valence-electron chi connectivity index (χ4n) is 3.18. The van der Waals surface area contributed by atoms with Crippen molar-refractivity contribution in [1.29, 1.82) is 0 Å². The number of hydrogen-bond donors (Lipinski definition) is 1. The first-order valence-corrected chi connectivity index (χ1v) is 9.34. The minimum Gasteiger partial charge on any atom is -0.325 e. The summed E-state index contributed by atoms with van der Waals surface area (Å²) < 4.78 is 40.9. The zero-order valence-corrected chi connectivity index (χ0v) is 16.4. The van der Waals surface area contributed by atoms with E-state index in [2.05, 4.69) is 5.32 Å². The molecular weight excluding hydrogens is 399 g/mol. The number of benzene rings is 2. The Bertz CT molecular complexity index is 1210. The molecule has 30 heavy (non-hydrogen) atoms. The molecule has 1 amide bonds. The topological polar surface area (TPSA) is 73.1 Å². The van der Waals surface area contributed by atoms with E-state index >= 15 is 0 Å². The second kappa shape index (κ2) is 8.17. The first-order valence-electron chi connectivity index (χ1n) is 9.34. The van der Waals surface area contributed by atoms with Gasteiger partial charge < -0.3 is 5.32 Å². The molecule has 0 bridgehead atoms. The molecule has 3 rings (SSSR count). The van der Waals surface area contributed by atoms with Crippen molar-refractivity contribution < 1.29 is 18.0 Å². The quantitative estimate of drug-likeness (QED) is 0.684. The van der Waals surface area contributed by atoms with Gasteiger partial charge in [0.05, 0.1) is 16.5 Å². The molecule has 1 N–H and O–H groups in total. The minimum atomic E-state index is -4.54. The van der Waals surface area contributed by atoms with E-state index < -0.39 is 35.4 Å². The van der Waals surface area contributed by atoms with Crippen molar-refractivity contribution in [1.82, 2.24) is 9.13 Å². The summed E-state index contributed by atoms with van der Waals surface area (Å²) in [5.74, 6) is -0.684. The van der Waals surface area contributed by atoms with Gasteiger partial charge >= 0.3 is 11.9 Å². The summed E-state index contributed by atoms with van der Waals surface area (Å²) in [4.78, 5) is 38.3. The summed E-state index contributed by atoms with van der Waals surface area (Å²) in [6.45, 7) is 3.10. The van der Waals surface area contributed by atoms with E-state index in [9.17, 15) is 27.6 Å². The summed E-state index contributed by atoms with van der Waals surface area (Å²) in [6.07, 6.45) is -4.01. The molecule has 0 fully saturated rings. The molecule has 6 nitrogen and oxygen atoms in total. The van der Waals surface area contributed by atoms with Crippen LogP contribution in [0.15, 0.2) is 58.1 Å². The fourth-order valence-corrected chi connectivity index (χ4v) is 3.18. The van der Waals surface area contributed by atoms with E-state index in [1.165, 1.54) is 12.1 Å². The largest absolute Gasteiger partial charge is 0.416 e. The standard InChI is InChI=1S/C21H20F3N3O3/c1-3-13(2)27-19(29)16-9-4-5-10-17(16)26(20(27)30)12-18(28)25-15-8-6-7-14(11-15)21(22,23)24/h4-11,13H,3,12H2,1-2H3,(H,25,28)/t13-/m1/s1. The van der Waals surface area contributed by atoms with Crippen LogP contribution in [-0.2, 0) is 17.5 Å². The van der Waals surface area contributed by atoms with Gasteiger partial charge in [0, 0.05) is 11.7 Å². The number of fused-ring (bicyclic) bond motifs is 1. The summed E-state index contributed by atoms with van der Waals surface area (Å²) >= 11 is 0. The predicted molar refractivity (Wildman–Crippen MR) is 108 cm³/mol. The third-order valence-corrected chi connectivity index (χ3v) is 4.89. The van der Waals surface area contributed by atoms with Gasteiger partial charge in [0.2, 0.25) is 5.91 Å². The Morgan fingerprint density at radius 2 is 1.80 bits per heavy atom. The molecule has 0 radical (unpaired) electrons. The first kappa shape index (κ1) is 21.4. The van der Waals surface area contributed by atoms with Crippen molar-refractivity contribution >= 4 is 22.5 Å². The first-order chi connectivity index (χ1) is 14.1. The molecule has 0 spiro atoms. The lowest BCUT2D eigenvalue weighted by Gasteiger charge is -2.17. The number of nitrogens with one attached hydrogen (secondary N) is 1. The second-order valence-electron chi connectivity index (χ2n) is 6.95. The lowest BCUT2D eigenvalue weighted by molar-refractivity contribution is -0.137. The van der Waals surface area contributed by atoms with Crippen LogP contribution in [0.25, 0.3) is 10.9 Å². The Balaban J connectivity index is 2.01. The number of nitrogens with zero attached hydrogens (tertiary/aromatic N) is 2. The molecule has 9 heteroatoms. The summed E-state index contributed by atoms with van der Waals surface area (Å²) in [5, 5.41) is 2.67. The molecule has 0 aliphatic rings. The average Bonchev–Trinajstić information content (AvgIpc) is 2.70. The maximum Gasteiger partial charge on any atom is 0.416 e. The van der Waals surface area contributed by atoms with Gasteiger partial charge in [-0.05, 0) is 43.7 Å². The molecule has 158 valence electrons. The monoisotopic (exact) mass is 419 g/mol. The van der Waals surface area contributed by atoms with Crippen LogP contribution in [0.1, 0.15) is 31.9 Å². The zero-order valence-electron chi connectivity index (χ0n) is 16.4. The summed E-state index contributed by atoms with van der Waals surface area (Å²) in [7, 11) is 0. The molecular formula is C21H20F3N3O3. The zero-order chi connectivity index (χ0) is 22.1. The summed E-state index contributed by atoms with van der Waals surface area (Å²) in [6, 6.07) is 10.3. The number of hydrogen-bond acceptors (Lipinski definition) is 3. The number of carbonyl (C=O) groups is 1. The van der Waals surface area contributed by atoms with Gasteiger partial charge in [-0.15, -0.1) is 0 Å². The van der Waals surface area contributed by atoms with Crippen molar-refractivity contribution in [3.05, 3.63) is 74.9 Å². The average molecular weight is 419 g/mol. The van der Waals surface area contributed by atoms with Crippen molar-refractivity contribution in [2.75, 3.05) is 5.32 Å². The van der Waals surface area contributed by atoms with Gasteiger partial charge in [0.15, 0.2) is 0 Å². The molecule has 0 saturated carbocycles. The minimum absolute atomic E-state index is 0.0394. The van der Waals surface area contributed by atoms with E-state index in [4.69, 9.17) is 0 Å². The molecule has 1 atom stereocenters. The second-order valence-corrected chi connectivity index (χ2v) is 6.95. The predicted octanol–water partition coefficient (Wildman–Crippen LogP) is 3.79. The van der Waals surface area contributed by atoms with E-state index in [1.807, 2.05) is 6.92 Å². The molecule has 3 aromatic rings. The Morgan fingerprint density at radius 1 is 1.10 bits per heavy atom. The number of aromatic nitrogens is 2. The van der Waals surface area contributed by atoms with Gasteiger partial charge in [-0.25, -0.2) is 4.79 Å². The summed E-state index contributed by atoms with van der Waals surface area (Å²) in [5.41, 5.74) is -1.74. The van der Waals surface area contributed by atoms with E-state index in [0.717, 1.165) is 21.3 Å². The fraction of sp³-hybridized carbons (Fsp3) is 0.286. The molecule has 0 aliphatic heterocycles. The van der Waals surface area contributed by atoms with Crippen molar-refractivity contribution in [2.45, 2.75) is 39.0 Å². The van der Waals surface area contributed by atoms with Crippen molar-refractivity contribution in [3.8, 4) is 0 Å². The van der Waals surface area contributed by atoms with Gasteiger partial charge in [-0.2, -0.15) is 13.2 Å². The Kier molecular flexibility index (Phi) is 5.82. The third kappa shape index (κ3) is 4.14. The van der Waals surface area contributed by atoms with Gasteiger partial charge in [-0.1, -0.05) is 25.1 Å². The number of anilines is 1. The normalized spacial score (nSPS) is 12.7. The Hall–Kier alpha value is -3.36. The molecule has 1 heterocycles. The molecule has 0 unspecified atom stereocenters. The van der Waals surface area contributed by atoms with Crippen LogP contribution in [0.4, 0.5) is 18.9 Å². The van der Waals surface area contributed by atoms with Crippen molar-refractivity contribution in [2.24, 2.45) is 0 Å². The number of rotatable bonds is 5. The highest BCUT2D eigenvalue weighted by Crippen LogP contribution is 2.30. The molecule has 1 aromatic heterocycles. The Morgan fingerprint density at radius 3 is 2.47 bits per heavy atom. The SMILES string of the molecule is CC[C@@H](C)n1c(=O)c2ccccc2n(CC(=O)Nc2cccc(C(F)(F)F)c2)c1=O. The van der Waals surface area contributed by atoms with Crippen LogP contribution < -0.4 is 16.6 Å². The Labute approximate surface area is 169 Å². The van der Waals surface area contributed by atoms with Crippen molar-refractivity contribution in [3.63, 3.8) is 0 Å². The van der Waals surface area contributed by atoms with Gasteiger partial charge in [-0.3, -0.25) is 18.7 Å². The molecule has 0 saturated heterocycles. The number of halogens is 3. The number of carbonyl (C=O) groups excluding carboxylic acids is 1. The van der Waals surface area contributed by atoms with Crippen LogP contribution in [0.5, 0.6) is 0 Å². The highest BCUT2D eigenvalue weighted by atomic mass is 19.4. The molecule has 2 aromatic carbocycles. The molecule has 0 aliphatic carbocycles. The highest BCUT2D eigenvalue weighted by molar-refractivity contribution is 5.91. The highest BCUT2D eigenvalue weighted by Gasteiger charge is 2.30. The van der Waals surface area contributed by atoms with E-state index in [0.29, 0.717) is 6.42 Å². The van der Waals surface area contributed by atoms with Crippen LogP contribution in [0.2, 0.25) is 0 Å².